The molecule has 0 saturated heterocycles. The zero-order valence-corrected chi connectivity index (χ0v) is 11.9. The van der Waals surface area contributed by atoms with Crippen molar-refractivity contribution in [2.75, 3.05) is 0 Å². The molecule has 0 aliphatic rings. The average molecular weight is 444 g/mol. The van der Waals surface area contributed by atoms with E-state index >= 15 is 0 Å². The van der Waals surface area contributed by atoms with Crippen molar-refractivity contribution in [3.63, 3.8) is 0 Å². The first-order valence-corrected chi connectivity index (χ1v) is 11.7. The summed E-state index contributed by atoms with van der Waals surface area (Å²) in [5.41, 5.74) is 2.85. The van der Waals surface area contributed by atoms with Gasteiger partial charge in [-0.15, -0.1) is 0 Å². The Kier molecular flexibility index (Phi) is 14.7. The van der Waals surface area contributed by atoms with Crippen LogP contribution >= 0.6 is 39.0 Å². The molecule has 0 N–H and O–H groups in total. The number of allylic oxidation sites excluding steroid dienone is 2. The van der Waals surface area contributed by atoms with E-state index in [2.05, 4.69) is 66.7 Å². The standard InChI is InChI=1S/C6H12.2HI.Pd/c1-5(2)6(3)4;;;/h1-4H3;2*1H;/q;;;+2/p-2. The van der Waals surface area contributed by atoms with Crippen molar-refractivity contribution in [2.45, 2.75) is 27.7 Å². The van der Waals surface area contributed by atoms with Crippen molar-refractivity contribution in [1.29, 1.82) is 0 Å². The van der Waals surface area contributed by atoms with E-state index in [0.29, 0.717) is 0 Å². The Balaban J connectivity index is 0. The molecule has 0 aromatic heterocycles. The van der Waals surface area contributed by atoms with Crippen LogP contribution in [-0.2, 0) is 10.8 Å². The van der Waals surface area contributed by atoms with E-state index in [9.17, 15) is 0 Å². The summed E-state index contributed by atoms with van der Waals surface area (Å²) < 4.78 is 0. The molecule has 0 rings (SSSR count). The zero-order valence-electron chi connectivity index (χ0n) is 6.07. The molecule has 0 heterocycles. The summed E-state index contributed by atoms with van der Waals surface area (Å²) >= 11 is 4.65. The van der Waals surface area contributed by atoms with Crippen LogP contribution < -0.4 is 0 Å². The van der Waals surface area contributed by atoms with Crippen LogP contribution in [-0.4, -0.2) is 0 Å². The fourth-order valence-electron chi connectivity index (χ4n) is 0. The summed E-state index contributed by atoms with van der Waals surface area (Å²) in [5, 5.41) is 0. The van der Waals surface area contributed by atoms with Crippen molar-refractivity contribution in [2.24, 2.45) is 0 Å². The average Bonchev–Trinajstić information content (AvgIpc) is 1.68. The molecule has 3 heteroatoms. The Morgan fingerprint density at radius 1 is 0.889 bits per heavy atom. The number of hydrogen-bond acceptors (Lipinski definition) is 0. The summed E-state index contributed by atoms with van der Waals surface area (Å²) in [7, 11) is 0.890. The van der Waals surface area contributed by atoms with Gasteiger partial charge in [0.05, 0.1) is 0 Å². The number of hydrogen-bond donors (Lipinski definition) is 0. The van der Waals surface area contributed by atoms with Crippen LogP contribution in [0.4, 0.5) is 0 Å². The third-order valence-corrected chi connectivity index (χ3v) is 1.00. The van der Waals surface area contributed by atoms with Crippen LogP contribution in [0.3, 0.4) is 0 Å². The molecular weight excluding hydrogens is 432 g/mol. The normalized spacial score (nSPS) is 7.78. The van der Waals surface area contributed by atoms with Crippen LogP contribution in [0.5, 0.6) is 0 Å². The minimum absolute atomic E-state index is 0.890. The summed E-state index contributed by atoms with van der Waals surface area (Å²) in [4.78, 5) is 0. The third kappa shape index (κ3) is 17.7. The van der Waals surface area contributed by atoms with Crippen LogP contribution in [0.2, 0.25) is 0 Å². The molecule has 0 aliphatic heterocycles. The van der Waals surface area contributed by atoms with Crippen molar-refractivity contribution in [3.05, 3.63) is 11.1 Å². The van der Waals surface area contributed by atoms with Crippen molar-refractivity contribution < 1.29 is 10.8 Å². The first-order valence-electron chi connectivity index (χ1n) is 2.49. The van der Waals surface area contributed by atoms with Gasteiger partial charge >= 0.3 is 49.8 Å². The Morgan fingerprint density at radius 3 is 1.00 bits per heavy atom. The van der Waals surface area contributed by atoms with E-state index in [4.69, 9.17) is 0 Å². The Hall–Kier alpha value is 1.86. The third-order valence-electron chi connectivity index (χ3n) is 1.00. The molecule has 0 atom stereocenters. The Labute approximate surface area is 87.3 Å². The Morgan fingerprint density at radius 2 is 1.00 bits per heavy atom. The van der Waals surface area contributed by atoms with Gasteiger partial charge in [-0.05, 0) is 27.7 Å². The molecule has 0 bridgehead atoms. The fourth-order valence-corrected chi connectivity index (χ4v) is 0. The van der Waals surface area contributed by atoms with Gasteiger partial charge in [0.2, 0.25) is 0 Å². The first-order chi connectivity index (χ1) is 4.06. The van der Waals surface area contributed by atoms with E-state index in [1.54, 1.807) is 0 Å². The van der Waals surface area contributed by atoms with Crippen LogP contribution in [0.1, 0.15) is 27.7 Å². The number of rotatable bonds is 0. The van der Waals surface area contributed by atoms with E-state index < -0.39 is 0 Å². The molecule has 0 spiro atoms. The minimum atomic E-state index is 0.890. The fraction of sp³-hybridized carbons (Fsp3) is 0.667. The maximum absolute atomic E-state index is 2.33. The molecule has 0 amide bonds. The van der Waals surface area contributed by atoms with Crippen molar-refractivity contribution >= 4 is 39.0 Å². The SMILES string of the molecule is CC(C)=C(C)C.[I][Pd][I]. The molecule has 0 saturated carbocycles. The maximum atomic E-state index is 2.33. The second-order valence-corrected chi connectivity index (χ2v) is 14.0. The van der Waals surface area contributed by atoms with E-state index in [1.165, 1.54) is 11.1 Å². The predicted octanol–water partition coefficient (Wildman–Crippen LogP) is 4.13. The summed E-state index contributed by atoms with van der Waals surface area (Å²) in [6, 6.07) is 0. The molecule has 0 aromatic rings. The van der Waals surface area contributed by atoms with Gasteiger partial charge in [-0.2, -0.15) is 0 Å². The van der Waals surface area contributed by atoms with E-state index in [1.807, 2.05) is 0 Å². The second-order valence-electron chi connectivity index (χ2n) is 2.05. The number of halogens is 2. The van der Waals surface area contributed by atoms with Gasteiger partial charge in [-0.3, -0.25) is 0 Å². The second kappa shape index (κ2) is 9.86. The molecular formula is C6H12I2Pd. The van der Waals surface area contributed by atoms with Gasteiger partial charge in [0.15, 0.2) is 0 Å². The van der Waals surface area contributed by atoms with Crippen molar-refractivity contribution in [1.82, 2.24) is 0 Å². The van der Waals surface area contributed by atoms with Crippen LogP contribution in [0.15, 0.2) is 11.1 Å². The quantitative estimate of drug-likeness (QED) is 0.300. The van der Waals surface area contributed by atoms with Gasteiger partial charge < -0.3 is 0 Å². The molecule has 9 heavy (non-hydrogen) atoms. The monoisotopic (exact) mass is 444 g/mol. The molecule has 0 aromatic carbocycles. The van der Waals surface area contributed by atoms with Crippen LogP contribution in [0, 0.1) is 0 Å². The summed E-state index contributed by atoms with van der Waals surface area (Å²) in [6.45, 7) is 8.48. The predicted molar refractivity (Wildman–Crippen MR) is 57.8 cm³/mol. The van der Waals surface area contributed by atoms with E-state index in [0.717, 1.165) is 10.8 Å². The molecule has 60 valence electrons. The van der Waals surface area contributed by atoms with Crippen LogP contribution in [0.25, 0.3) is 0 Å². The molecule has 0 radical (unpaired) electrons. The molecule has 0 unspecified atom stereocenters. The van der Waals surface area contributed by atoms with Gasteiger partial charge in [0, 0.05) is 0 Å². The molecule has 0 aliphatic carbocycles. The zero-order chi connectivity index (χ0) is 7.86. The topological polar surface area (TPSA) is 0 Å². The van der Waals surface area contributed by atoms with Gasteiger partial charge in [0.25, 0.3) is 0 Å². The molecule has 0 nitrogen and oxygen atoms in total. The van der Waals surface area contributed by atoms with Gasteiger partial charge in [-0.25, -0.2) is 0 Å². The van der Waals surface area contributed by atoms with E-state index in [-0.39, 0.29) is 0 Å². The Bertz CT molecular complexity index is 71.1. The summed E-state index contributed by atoms with van der Waals surface area (Å²) in [5.74, 6) is 0. The van der Waals surface area contributed by atoms with Crippen molar-refractivity contribution in [3.8, 4) is 0 Å². The molecule has 0 fully saturated rings. The summed E-state index contributed by atoms with van der Waals surface area (Å²) in [6.07, 6.45) is 0. The first kappa shape index (κ1) is 13.5. The van der Waals surface area contributed by atoms with Gasteiger partial charge in [-0.1, -0.05) is 11.1 Å². The van der Waals surface area contributed by atoms with Gasteiger partial charge in [0.1, 0.15) is 0 Å².